The molecule has 1 heterocycles. The van der Waals surface area contributed by atoms with Crippen LogP contribution in [0.15, 0.2) is 54.1 Å². The smallest absolute Gasteiger partial charge is 0.416 e. The Morgan fingerprint density at radius 2 is 1.68 bits per heavy atom. The van der Waals surface area contributed by atoms with Crippen molar-refractivity contribution in [2.24, 2.45) is 0 Å². The lowest BCUT2D eigenvalue weighted by Gasteiger charge is -2.27. The number of imide groups is 2. The predicted molar refractivity (Wildman–Crippen MR) is 152 cm³/mol. The first-order chi connectivity index (χ1) is 18.8. The van der Waals surface area contributed by atoms with Gasteiger partial charge in [0.2, 0.25) is 0 Å². The van der Waals surface area contributed by atoms with E-state index in [4.69, 9.17) is 44.3 Å². The van der Waals surface area contributed by atoms with Crippen molar-refractivity contribution < 1.29 is 37.0 Å². The number of hydrogen-bond donors (Lipinski definition) is 1. The molecule has 0 atom stereocenters. The van der Waals surface area contributed by atoms with E-state index in [1.807, 2.05) is 27.9 Å². The van der Waals surface area contributed by atoms with Gasteiger partial charge in [0.15, 0.2) is 11.5 Å². The van der Waals surface area contributed by atoms with E-state index in [0.717, 1.165) is 11.6 Å². The highest BCUT2D eigenvalue weighted by molar-refractivity contribution is 14.1. The Bertz CT molecular complexity index is 1580. The Morgan fingerprint density at radius 3 is 2.33 bits per heavy atom. The molecule has 0 bridgehead atoms. The number of ether oxygens (including phenoxy) is 2. The third-order valence-electron chi connectivity index (χ3n) is 5.55. The summed E-state index contributed by atoms with van der Waals surface area (Å²) in [5.41, 5.74) is -1.14. The van der Waals surface area contributed by atoms with Crippen LogP contribution < -0.4 is 19.7 Å². The van der Waals surface area contributed by atoms with Crippen LogP contribution in [0.4, 0.5) is 23.7 Å². The number of carbonyl (C=O) groups excluding carboxylic acids is 3. The number of amides is 4. The number of rotatable bonds is 6. The fourth-order valence-electron chi connectivity index (χ4n) is 3.65. The predicted octanol–water partition coefficient (Wildman–Crippen LogP) is 7.52. The third-order valence-corrected chi connectivity index (χ3v) is 7.41. The number of anilines is 1. The maximum atomic E-state index is 13.3. The number of alkyl halides is 3. The summed E-state index contributed by atoms with van der Waals surface area (Å²) in [5.74, 6) is -1.58. The van der Waals surface area contributed by atoms with Crippen molar-refractivity contribution in [1.82, 2.24) is 5.32 Å². The van der Waals surface area contributed by atoms with Gasteiger partial charge in [-0.15, -0.1) is 0 Å². The summed E-state index contributed by atoms with van der Waals surface area (Å²) in [5, 5.41) is 2.41. The molecule has 0 unspecified atom stereocenters. The number of barbiturate groups is 1. The monoisotopic (exact) mass is 724 g/mol. The highest BCUT2D eigenvalue weighted by atomic mass is 127. The maximum Gasteiger partial charge on any atom is 0.416 e. The Hall–Kier alpha value is -3.00. The molecule has 0 aliphatic carbocycles. The Kier molecular flexibility index (Phi) is 8.88. The number of methoxy groups -OCH3 is 1. The van der Waals surface area contributed by atoms with Crippen LogP contribution in [0.25, 0.3) is 6.08 Å². The SMILES string of the molecule is COc1cc(/C=C2\C(=O)NC(=O)N(c3cc(C(F)(F)F)ccc3Cl)C2=O)cc(I)c1OCc1ccc(Cl)c(Cl)c1. The van der Waals surface area contributed by atoms with Crippen molar-refractivity contribution in [3.05, 3.63) is 89.4 Å². The lowest BCUT2D eigenvalue weighted by atomic mass is 10.1. The van der Waals surface area contributed by atoms with E-state index in [9.17, 15) is 27.6 Å². The maximum absolute atomic E-state index is 13.3. The van der Waals surface area contributed by atoms with Gasteiger partial charge >= 0.3 is 12.2 Å². The van der Waals surface area contributed by atoms with Gasteiger partial charge in [-0.1, -0.05) is 40.9 Å². The van der Waals surface area contributed by atoms with Gasteiger partial charge in [0.05, 0.1) is 37.0 Å². The normalized spacial score (nSPS) is 14.9. The van der Waals surface area contributed by atoms with E-state index >= 15 is 0 Å². The Labute approximate surface area is 253 Å². The Morgan fingerprint density at radius 1 is 0.975 bits per heavy atom. The summed E-state index contributed by atoms with van der Waals surface area (Å²) in [6.07, 6.45) is -3.59. The van der Waals surface area contributed by atoms with Crippen LogP contribution in [0.2, 0.25) is 15.1 Å². The van der Waals surface area contributed by atoms with E-state index in [1.165, 1.54) is 19.3 Å². The molecule has 208 valence electrons. The molecule has 3 aromatic rings. The second-order valence-corrected chi connectivity index (χ2v) is 10.6. The van der Waals surface area contributed by atoms with Crippen molar-refractivity contribution in [3.63, 3.8) is 0 Å². The lowest BCUT2D eigenvalue weighted by Crippen LogP contribution is -2.54. The zero-order valence-corrected chi connectivity index (χ0v) is 24.5. The number of benzene rings is 3. The minimum Gasteiger partial charge on any atom is -0.493 e. The molecule has 7 nitrogen and oxygen atoms in total. The fraction of sp³-hybridized carbons (Fsp3) is 0.115. The van der Waals surface area contributed by atoms with Gasteiger partial charge in [0, 0.05) is 0 Å². The number of nitrogens with one attached hydrogen (secondary N) is 1. The summed E-state index contributed by atoms with van der Waals surface area (Å²) < 4.78 is 51.7. The van der Waals surface area contributed by atoms with Gasteiger partial charge in [-0.25, -0.2) is 9.69 Å². The standard InChI is InChI=1S/C26H15Cl3F3IN2O5/c1-39-21-9-13(8-19(33)22(21)40-11-12-2-4-16(27)18(29)7-12)6-15-23(36)34-25(38)35(24(15)37)20-10-14(26(30,31)32)3-5-17(20)28/h2-10H,11H2,1H3,(H,34,36,38)/b15-6+. The van der Waals surface area contributed by atoms with Gasteiger partial charge in [-0.2, -0.15) is 13.2 Å². The topological polar surface area (TPSA) is 84.9 Å². The van der Waals surface area contributed by atoms with Crippen LogP contribution in [-0.4, -0.2) is 25.0 Å². The van der Waals surface area contributed by atoms with Gasteiger partial charge in [-0.3, -0.25) is 14.9 Å². The zero-order valence-electron chi connectivity index (χ0n) is 20.0. The molecule has 1 aliphatic heterocycles. The summed E-state index contributed by atoms with van der Waals surface area (Å²) in [6.45, 7) is 0.124. The highest BCUT2D eigenvalue weighted by Gasteiger charge is 2.39. The molecule has 1 fully saturated rings. The van der Waals surface area contributed by atoms with E-state index in [0.29, 0.717) is 42.0 Å². The minimum atomic E-state index is -4.76. The van der Waals surface area contributed by atoms with Crippen LogP contribution in [0, 0.1) is 3.57 Å². The quantitative estimate of drug-likeness (QED) is 0.162. The number of carbonyl (C=O) groups is 3. The number of hydrogen-bond acceptors (Lipinski definition) is 5. The van der Waals surface area contributed by atoms with Crippen LogP contribution in [-0.2, 0) is 22.4 Å². The fourth-order valence-corrected chi connectivity index (χ4v) is 4.96. The second kappa shape index (κ2) is 11.9. The summed E-state index contributed by atoms with van der Waals surface area (Å²) in [7, 11) is 1.39. The molecule has 3 aromatic carbocycles. The number of urea groups is 1. The highest BCUT2D eigenvalue weighted by Crippen LogP contribution is 2.38. The number of nitrogens with zero attached hydrogens (tertiary/aromatic N) is 1. The molecular weight excluding hydrogens is 711 g/mol. The van der Waals surface area contributed by atoms with E-state index in [-0.39, 0.29) is 17.4 Å². The molecular formula is C26H15Cl3F3IN2O5. The summed E-state index contributed by atoms with van der Waals surface area (Å²) in [6, 6.07) is 9.01. The molecule has 0 radical (unpaired) electrons. The molecule has 0 aromatic heterocycles. The molecule has 40 heavy (non-hydrogen) atoms. The van der Waals surface area contributed by atoms with Crippen LogP contribution in [0.3, 0.4) is 0 Å². The molecule has 1 N–H and O–H groups in total. The minimum absolute atomic E-state index is 0.124. The van der Waals surface area contributed by atoms with Crippen LogP contribution >= 0.6 is 57.4 Å². The van der Waals surface area contributed by atoms with Crippen molar-refractivity contribution >= 4 is 87.0 Å². The Balaban J connectivity index is 1.67. The first-order valence-corrected chi connectivity index (χ1v) is 13.2. The zero-order chi connectivity index (χ0) is 29.4. The molecule has 4 amide bonds. The third kappa shape index (κ3) is 6.32. The summed E-state index contributed by atoms with van der Waals surface area (Å²) >= 11 is 20.0. The van der Waals surface area contributed by atoms with Gasteiger partial charge < -0.3 is 9.47 Å². The lowest BCUT2D eigenvalue weighted by molar-refractivity contribution is -0.137. The van der Waals surface area contributed by atoms with Gasteiger partial charge in [0.1, 0.15) is 12.2 Å². The largest absolute Gasteiger partial charge is 0.493 e. The van der Waals surface area contributed by atoms with Crippen LogP contribution in [0.5, 0.6) is 11.5 Å². The van der Waals surface area contributed by atoms with E-state index in [2.05, 4.69) is 0 Å². The molecule has 0 spiro atoms. The van der Waals surface area contributed by atoms with Crippen molar-refractivity contribution in [2.45, 2.75) is 12.8 Å². The number of halogens is 7. The van der Waals surface area contributed by atoms with Crippen molar-refractivity contribution in [2.75, 3.05) is 12.0 Å². The molecule has 1 aliphatic rings. The summed E-state index contributed by atoms with van der Waals surface area (Å²) in [4.78, 5) is 38.7. The molecule has 1 saturated heterocycles. The second-order valence-electron chi connectivity index (χ2n) is 8.19. The van der Waals surface area contributed by atoms with Gasteiger partial charge in [-0.05, 0) is 82.3 Å². The van der Waals surface area contributed by atoms with E-state index < -0.39 is 40.8 Å². The average molecular weight is 726 g/mol. The first kappa shape index (κ1) is 30.0. The molecule has 14 heteroatoms. The molecule has 0 saturated carbocycles. The van der Waals surface area contributed by atoms with E-state index in [1.54, 1.807) is 24.3 Å². The van der Waals surface area contributed by atoms with Crippen molar-refractivity contribution in [3.8, 4) is 11.5 Å². The first-order valence-electron chi connectivity index (χ1n) is 11.0. The van der Waals surface area contributed by atoms with Crippen LogP contribution in [0.1, 0.15) is 16.7 Å². The van der Waals surface area contributed by atoms with Gasteiger partial charge in [0.25, 0.3) is 11.8 Å². The molecule has 4 rings (SSSR count). The average Bonchev–Trinajstić information content (AvgIpc) is 2.87. The van der Waals surface area contributed by atoms with Crippen molar-refractivity contribution in [1.29, 1.82) is 0 Å².